The van der Waals surface area contributed by atoms with Gasteiger partial charge in [-0.3, -0.25) is 4.79 Å². The van der Waals surface area contributed by atoms with Gasteiger partial charge in [0.05, 0.1) is 11.2 Å². The number of pyridine rings is 1. The summed E-state index contributed by atoms with van der Waals surface area (Å²) in [6.45, 7) is 3.04. The van der Waals surface area contributed by atoms with Crippen molar-refractivity contribution < 1.29 is 0 Å². The van der Waals surface area contributed by atoms with Gasteiger partial charge in [-0.05, 0) is 30.2 Å². The minimum atomic E-state index is 0.0401. The highest BCUT2D eigenvalue weighted by molar-refractivity contribution is 6.31. The number of rotatable bonds is 4. The number of halogens is 1. The number of nitrogens with zero attached hydrogens (tertiary/aromatic N) is 1. The lowest BCUT2D eigenvalue weighted by molar-refractivity contribution is 0.651. The smallest absolute Gasteiger partial charge is 0.190 e. The van der Waals surface area contributed by atoms with E-state index in [1.807, 2.05) is 42.5 Å². The van der Waals surface area contributed by atoms with Crippen LogP contribution >= 0.6 is 11.6 Å². The molecule has 0 aliphatic carbocycles. The molecule has 0 spiro atoms. The van der Waals surface area contributed by atoms with Crippen molar-refractivity contribution in [2.24, 2.45) is 0 Å². The van der Waals surface area contributed by atoms with Crippen molar-refractivity contribution in [3.63, 3.8) is 0 Å². The zero-order valence-electron chi connectivity index (χ0n) is 12.6. The lowest BCUT2D eigenvalue weighted by Crippen LogP contribution is -2.12. The van der Waals surface area contributed by atoms with Crippen molar-refractivity contribution in [2.45, 2.75) is 26.3 Å². The van der Waals surface area contributed by atoms with Crippen molar-refractivity contribution in [1.82, 2.24) is 4.57 Å². The van der Waals surface area contributed by atoms with E-state index in [1.54, 1.807) is 12.1 Å². The van der Waals surface area contributed by atoms with Crippen LogP contribution in [-0.4, -0.2) is 4.57 Å². The van der Waals surface area contributed by atoms with Crippen molar-refractivity contribution in [3.05, 3.63) is 69.8 Å². The summed E-state index contributed by atoms with van der Waals surface area (Å²) in [5.41, 5.74) is 2.96. The Labute approximate surface area is 135 Å². The molecule has 1 heterocycles. The molecule has 0 aliphatic heterocycles. The quantitative estimate of drug-likeness (QED) is 0.655. The summed E-state index contributed by atoms with van der Waals surface area (Å²) in [4.78, 5) is 12.5. The zero-order chi connectivity index (χ0) is 15.5. The Balaban J connectivity index is 2.33. The molecule has 0 fully saturated rings. The molecule has 0 saturated carbocycles. The van der Waals surface area contributed by atoms with Gasteiger partial charge in [0.1, 0.15) is 0 Å². The number of aryl methyl sites for hydroxylation is 1. The van der Waals surface area contributed by atoms with Gasteiger partial charge in [-0.1, -0.05) is 55.3 Å². The minimum absolute atomic E-state index is 0.0401. The fraction of sp³-hybridized carbons (Fsp3) is 0.211. The predicted molar refractivity (Wildman–Crippen MR) is 93.6 cm³/mol. The molecule has 0 saturated heterocycles. The van der Waals surface area contributed by atoms with Gasteiger partial charge < -0.3 is 4.57 Å². The monoisotopic (exact) mass is 311 g/mol. The van der Waals surface area contributed by atoms with E-state index in [0.29, 0.717) is 5.02 Å². The van der Waals surface area contributed by atoms with Crippen LogP contribution in [0.2, 0.25) is 5.02 Å². The van der Waals surface area contributed by atoms with Gasteiger partial charge >= 0.3 is 0 Å². The predicted octanol–water partition coefficient (Wildman–Crippen LogP) is 5.12. The van der Waals surface area contributed by atoms with E-state index >= 15 is 0 Å². The summed E-state index contributed by atoms with van der Waals surface area (Å²) in [5.74, 6) is 0. The molecule has 0 N–H and O–H groups in total. The fourth-order valence-electron chi connectivity index (χ4n) is 2.75. The second-order valence-electron chi connectivity index (χ2n) is 5.43. The van der Waals surface area contributed by atoms with Gasteiger partial charge in [-0.25, -0.2) is 0 Å². The molecule has 1 aromatic heterocycles. The average Bonchev–Trinajstić information content (AvgIpc) is 2.54. The Hall–Kier alpha value is -2.06. The molecule has 2 nitrogen and oxygen atoms in total. The number of fused-ring (bicyclic) bond motifs is 1. The Bertz CT molecular complexity index is 852. The first-order chi connectivity index (χ1) is 10.7. The van der Waals surface area contributed by atoms with Gasteiger partial charge in [0, 0.05) is 23.0 Å². The van der Waals surface area contributed by atoms with Gasteiger partial charge in [-0.2, -0.15) is 0 Å². The molecular weight excluding hydrogens is 294 g/mol. The Morgan fingerprint density at radius 1 is 1.05 bits per heavy atom. The van der Waals surface area contributed by atoms with E-state index in [2.05, 4.69) is 11.5 Å². The van der Waals surface area contributed by atoms with Crippen molar-refractivity contribution in [3.8, 4) is 11.3 Å². The topological polar surface area (TPSA) is 22.0 Å². The standard InChI is InChI=1S/C19H18ClNO/c1-2-3-11-21-17(14-7-5-4-6-8-14)13-19(22)16-10-9-15(20)12-18(16)21/h4-10,12-13H,2-3,11H2,1H3. The summed E-state index contributed by atoms with van der Waals surface area (Å²) in [5, 5.41) is 1.38. The summed E-state index contributed by atoms with van der Waals surface area (Å²) < 4.78 is 2.21. The van der Waals surface area contributed by atoms with Crippen LogP contribution in [0.25, 0.3) is 22.2 Å². The Morgan fingerprint density at radius 2 is 1.82 bits per heavy atom. The Morgan fingerprint density at radius 3 is 2.55 bits per heavy atom. The first-order valence-corrected chi connectivity index (χ1v) is 7.97. The second kappa shape index (κ2) is 6.37. The molecule has 2 aromatic carbocycles. The molecule has 3 heteroatoms. The molecule has 0 atom stereocenters. The Kier molecular flexibility index (Phi) is 4.30. The SMILES string of the molecule is CCCCn1c(-c2ccccc2)cc(=O)c2ccc(Cl)cc21. The first-order valence-electron chi connectivity index (χ1n) is 7.59. The third-order valence-electron chi connectivity index (χ3n) is 3.88. The molecule has 0 unspecified atom stereocenters. The first kappa shape index (κ1) is 14.9. The van der Waals surface area contributed by atoms with Gasteiger partial charge in [0.2, 0.25) is 0 Å². The second-order valence-corrected chi connectivity index (χ2v) is 5.86. The van der Waals surface area contributed by atoms with E-state index in [1.165, 1.54) is 0 Å². The molecule has 3 rings (SSSR count). The number of aromatic nitrogens is 1. The molecule has 0 bridgehead atoms. The van der Waals surface area contributed by atoms with E-state index in [-0.39, 0.29) is 5.43 Å². The van der Waals surface area contributed by atoms with Crippen molar-refractivity contribution in [1.29, 1.82) is 0 Å². The minimum Gasteiger partial charge on any atom is -0.340 e. The highest BCUT2D eigenvalue weighted by atomic mass is 35.5. The van der Waals surface area contributed by atoms with Gasteiger partial charge in [-0.15, -0.1) is 0 Å². The highest BCUT2D eigenvalue weighted by Gasteiger charge is 2.11. The summed E-state index contributed by atoms with van der Waals surface area (Å²) in [6, 6.07) is 17.3. The van der Waals surface area contributed by atoms with E-state index in [9.17, 15) is 4.79 Å². The molecule has 22 heavy (non-hydrogen) atoms. The molecule has 112 valence electrons. The lowest BCUT2D eigenvalue weighted by Gasteiger charge is -2.17. The fourth-order valence-corrected chi connectivity index (χ4v) is 2.92. The lowest BCUT2D eigenvalue weighted by atomic mass is 10.1. The normalized spacial score (nSPS) is 11.0. The maximum atomic E-state index is 12.5. The molecular formula is C19H18ClNO. The molecule has 3 aromatic rings. The largest absolute Gasteiger partial charge is 0.340 e. The number of benzene rings is 2. The zero-order valence-corrected chi connectivity index (χ0v) is 13.3. The maximum Gasteiger partial charge on any atom is 0.190 e. The number of hydrogen-bond donors (Lipinski definition) is 0. The summed E-state index contributed by atoms with van der Waals surface area (Å²) in [7, 11) is 0. The van der Waals surface area contributed by atoms with E-state index in [0.717, 1.165) is 41.5 Å². The molecule has 0 amide bonds. The van der Waals surface area contributed by atoms with Crippen LogP contribution < -0.4 is 5.43 Å². The van der Waals surface area contributed by atoms with Crippen molar-refractivity contribution in [2.75, 3.05) is 0 Å². The van der Waals surface area contributed by atoms with Crippen LogP contribution in [-0.2, 0) is 6.54 Å². The summed E-state index contributed by atoms with van der Waals surface area (Å²) >= 11 is 6.16. The van der Waals surface area contributed by atoms with Crippen LogP contribution in [0.3, 0.4) is 0 Å². The van der Waals surface area contributed by atoms with Gasteiger partial charge in [0.15, 0.2) is 5.43 Å². The molecule has 0 aliphatic rings. The third kappa shape index (κ3) is 2.79. The third-order valence-corrected chi connectivity index (χ3v) is 4.11. The van der Waals surface area contributed by atoms with Crippen LogP contribution in [0, 0.1) is 0 Å². The van der Waals surface area contributed by atoms with E-state index in [4.69, 9.17) is 11.6 Å². The van der Waals surface area contributed by atoms with Crippen LogP contribution in [0.5, 0.6) is 0 Å². The van der Waals surface area contributed by atoms with Gasteiger partial charge in [0.25, 0.3) is 0 Å². The number of hydrogen-bond acceptors (Lipinski definition) is 1. The maximum absolute atomic E-state index is 12.5. The van der Waals surface area contributed by atoms with Crippen molar-refractivity contribution >= 4 is 22.5 Å². The van der Waals surface area contributed by atoms with Crippen LogP contribution in [0.1, 0.15) is 19.8 Å². The molecule has 0 radical (unpaired) electrons. The van der Waals surface area contributed by atoms with E-state index < -0.39 is 0 Å². The summed E-state index contributed by atoms with van der Waals surface area (Å²) in [6.07, 6.45) is 2.16. The van der Waals surface area contributed by atoms with Crippen LogP contribution in [0.15, 0.2) is 59.4 Å². The number of unbranched alkanes of at least 4 members (excludes halogenated alkanes) is 1. The average molecular weight is 312 g/mol. The highest BCUT2D eigenvalue weighted by Crippen LogP contribution is 2.25. The van der Waals surface area contributed by atoms with Crippen LogP contribution in [0.4, 0.5) is 0 Å².